The Hall–Kier alpha value is -7.83. The molecule has 0 saturated carbocycles. The predicted molar refractivity (Wildman–Crippen MR) is 266 cm³/mol. The number of amidine groups is 2. The van der Waals surface area contributed by atoms with Gasteiger partial charge in [-0.05, 0) is 98.6 Å². The zero-order valence-electron chi connectivity index (χ0n) is 39.8. The van der Waals surface area contributed by atoms with Crippen LogP contribution in [0.15, 0.2) is 91.1 Å². The molecule has 1 aromatic heterocycles. The number of unbranched alkanes of at least 4 members (excludes halogenated alkanes) is 6. The van der Waals surface area contributed by atoms with Gasteiger partial charge in [-0.2, -0.15) is 0 Å². The van der Waals surface area contributed by atoms with E-state index in [1.54, 1.807) is 73.7 Å². The first kappa shape index (κ1) is 53.8. The maximum Gasteiger partial charge on any atom is 0.412 e. The van der Waals surface area contributed by atoms with Crippen molar-refractivity contribution in [2.75, 3.05) is 72.3 Å². The van der Waals surface area contributed by atoms with E-state index in [2.05, 4.69) is 45.4 Å². The van der Waals surface area contributed by atoms with E-state index in [1.165, 1.54) is 41.2 Å². The Balaban J connectivity index is 1.46. The Kier molecular flexibility index (Phi) is 22.6. The van der Waals surface area contributed by atoms with Crippen LogP contribution in [0.25, 0.3) is 0 Å². The van der Waals surface area contributed by atoms with Crippen LogP contribution in [-0.4, -0.2) is 99.0 Å². The number of likely N-dealkylation sites (N-methyl/N-ethyl adjacent to an activating group) is 1. The van der Waals surface area contributed by atoms with Crippen LogP contribution in [0.1, 0.15) is 100 Å². The molecule has 0 unspecified atom stereocenters. The molecule has 69 heavy (non-hydrogen) atoms. The van der Waals surface area contributed by atoms with Crippen LogP contribution >= 0.6 is 0 Å². The third-order valence-electron chi connectivity index (χ3n) is 10.4. The third-order valence-corrected chi connectivity index (χ3v) is 10.4. The van der Waals surface area contributed by atoms with Gasteiger partial charge in [-0.1, -0.05) is 58.4 Å². The van der Waals surface area contributed by atoms with Gasteiger partial charge in [0.05, 0.1) is 50.7 Å². The molecule has 0 aliphatic carbocycles. The van der Waals surface area contributed by atoms with Crippen LogP contribution in [0.3, 0.4) is 0 Å². The number of esters is 1. The average molecular weight is 949 g/mol. The minimum Gasteiger partial charge on any atom is -0.466 e. The van der Waals surface area contributed by atoms with Crippen LogP contribution in [0.2, 0.25) is 0 Å². The van der Waals surface area contributed by atoms with E-state index in [1.807, 2.05) is 0 Å². The van der Waals surface area contributed by atoms with E-state index in [0.29, 0.717) is 22.5 Å². The maximum atomic E-state index is 14.2. The Bertz CT molecular complexity index is 2350. The number of amides is 5. The van der Waals surface area contributed by atoms with Crippen molar-refractivity contribution in [1.29, 1.82) is 10.8 Å². The number of carbonyl (C=O) groups is 6. The van der Waals surface area contributed by atoms with Gasteiger partial charge in [-0.3, -0.25) is 45.5 Å². The van der Waals surface area contributed by atoms with E-state index in [-0.39, 0.29) is 80.3 Å². The maximum absolute atomic E-state index is 14.2. The molecule has 7 N–H and O–H groups in total. The minimum absolute atomic E-state index is 0.0476. The van der Waals surface area contributed by atoms with E-state index >= 15 is 0 Å². The highest BCUT2D eigenvalue weighted by Gasteiger charge is 2.24. The molecule has 4 rings (SSSR count). The zero-order valence-corrected chi connectivity index (χ0v) is 39.8. The largest absolute Gasteiger partial charge is 0.466 e. The fourth-order valence-electron chi connectivity index (χ4n) is 6.61. The number of nitrogens with zero attached hydrogens (tertiary/aromatic N) is 3. The van der Waals surface area contributed by atoms with Crippen molar-refractivity contribution < 1.29 is 43.0 Å². The van der Waals surface area contributed by atoms with E-state index < -0.39 is 35.9 Å². The number of alkyl carbamates (subject to hydrolysis) is 2. The molecule has 0 fully saturated rings. The first-order chi connectivity index (χ1) is 33.3. The number of pyridine rings is 1. The normalized spacial score (nSPS) is 10.5. The first-order valence-corrected chi connectivity index (χ1v) is 23.2. The summed E-state index contributed by atoms with van der Waals surface area (Å²) in [5.74, 6) is -1.95. The van der Waals surface area contributed by atoms with Crippen molar-refractivity contribution >= 4 is 76.1 Å². The Labute approximate surface area is 403 Å². The van der Waals surface area contributed by atoms with E-state index in [0.717, 1.165) is 51.4 Å². The molecule has 19 nitrogen and oxygen atoms in total. The van der Waals surface area contributed by atoms with Crippen LogP contribution < -0.4 is 36.4 Å². The molecule has 0 radical (unpaired) electrons. The lowest BCUT2D eigenvalue weighted by Crippen LogP contribution is -2.35. The van der Waals surface area contributed by atoms with Gasteiger partial charge < -0.3 is 35.1 Å². The molecule has 3 aromatic carbocycles. The highest BCUT2D eigenvalue weighted by Crippen LogP contribution is 2.29. The molecule has 1 heterocycles. The molecular weight excluding hydrogens is 885 g/mol. The molecule has 0 aliphatic rings. The van der Waals surface area contributed by atoms with Crippen molar-refractivity contribution in [2.24, 2.45) is 0 Å². The van der Waals surface area contributed by atoms with Gasteiger partial charge in [-0.15, -0.1) is 0 Å². The molecule has 4 aromatic rings. The topological polar surface area (TPSA) is 257 Å². The monoisotopic (exact) mass is 948 g/mol. The summed E-state index contributed by atoms with van der Waals surface area (Å²) >= 11 is 0. The molecule has 0 bridgehead atoms. The Morgan fingerprint density at radius 3 is 1.71 bits per heavy atom. The molecule has 5 amide bonds. The molecule has 19 heteroatoms. The summed E-state index contributed by atoms with van der Waals surface area (Å²) < 4.78 is 15.4. The van der Waals surface area contributed by atoms with Crippen molar-refractivity contribution in [3.05, 3.63) is 108 Å². The highest BCUT2D eigenvalue weighted by atomic mass is 16.6. The Morgan fingerprint density at radius 2 is 1.19 bits per heavy atom. The number of aromatic nitrogens is 1. The molecule has 368 valence electrons. The van der Waals surface area contributed by atoms with Crippen molar-refractivity contribution in [3.8, 4) is 0 Å². The number of ether oxygens (including phenoxy) is 3. The fraction of sp³-hybridized carbons (Fsp3) is 0.380. The first-order valence-electron chi connectivity index (χ1n) is 23.2. The standard InChI is InChI=1S/C50H64N10O9/c1-5-8-10-14-30-68-49(65)57-46(51)35-17-22-38(23-18-35)54-33-43(61)56-40-32-37(48(64)60(29-27-45(63)67-7-3)42-16-12-13-28-53-42)21-26-41(40)59(4)44(62)34-55-39-24-19-36(20-25-39)47(52)58-50(66)69-31-15-11-9-6-2/h12-13,16-26,28,32,54-55H,5-11,14-15,27,29-31,33-34H2,1-4H3,(H,56,61)(H2,51,57,65)(H2,52,58,66). The number of hydrogen-bond acceptors (Lipinski definition) is 14. The highest BCUT2D eigenvalue weighted by molar-refractivity contribution is 6.10. The number of hydrogen-bond donors (Lipinski definition) is 7. The summed E-state index contributed by atoms with van der Waals surface area (Å²) in [7, 11) is 1.52. The second kappa shape index (κ2) is 29.0. The summed E-state index contributed by atoms with van der Waals surface area (Å²) in [4.78, 5) is 85.1. The van der Waals surface area contributed by atoms with Gasteiger partial charge in [-0.25, -0.2) is 14.6 Å². The van der Waals surface area contributed by atoms with Crippen molar-refractivity contribution in [3.63, 3.8) is 0 Å². The van der Waals surface area contributed by atoms with Crippen LogP contribution in [-0.2, 0) is 28.6 Å². The number of benzene rings is 3. The third kappa shape index (κ3) is 18.4. The smallest absolute Gasteiger partial charge is 0.412 e. The van der Waals surface area contributed by atoms with Gasteiger partial charge in [0.1, 0.15) is 17.5 Å². The lowest BCUT2D eigenvalue weighted by Gasteiger charge is -2.24. The van der Waals surface area contributed by atoms with E-state index in [4.69, 9.17) is 25.0 Å². The lowest BCUT2D eigenvalue weighted by atomic mass is 10.1. The van der Waals surface area contributed by atoms with Gasteiger partial charge in [0, 0.05) is 47.9 Å². The number of rotatable bonds is 26. The van der Waals surface area contributed by atoms with Crippen molar-refractivity contribution in [1.82, 2.24) is 15.6 Å². The minimum atomic E-state index is -0.711. The quantitative estimate of drug-likeness (QED) is 0.0104. The molecule has 0 aliphatic heterocycles. The van der Waals surface area contributed by atoms with Crippen LogP contribution in [0, 0.1) is 10.8 Å². The van der Waals surface area contributed by atoms with E-state index in [9.17, 15) is 28.8 Å². The predicted octanol–water partition coefficient (Wildman–Crippen LogP) is 8.07. The van der Waals surface area contributed by atoms with Gasteiger partial charge in [0.2, 0.25) is 11.8 Å². The number of nitrogens with one attached hydrogen (secondary N) is 7. The summed E-state index contributed by atoms with van der Waals surface area (Å²) in [6.07, 6.45) is 7.63. The number of anilines is 5. The van der Waals surface area contributed by atoms with Gasteiger partial charge >= 0.3 is 18.2 Å². The summed E-state index contributed by atoms with van der Waals surface area (Å²) in [5, 5.41) is 30.3. The fourth-order valence-corrected chi connectivity index (χ4v) is 6.61. The molecule has 0 atom stereocenters. The summed E-state index contributed by atoms with van der Waals surface area (Å²) in [6.45, 7) is 6.11. The van der Waals surface area contributed by atoms with Gasteiger partial charge in [0.25, 0.3) is 5.91 Å². The van der Waals surface area contributed by atoms with Crippen LogP contribution in [0.4, 0.5) is 38.2 Å². The number of carbonyl (C=O) groups excluding carboxylic acids is 6. The van der Waals surface area contributed by atoms with Crippen LogP contribution in [0.5, 0.6) is 0 Å². The molecule has 0 spiro atoms. The Morgan fingerprint density at radius 1 is 0.638 bits per heavy atom. The zero-order chi connectivity index (χ0) is 50.0. The average Bonchev–Trinajstić information content (AvgIpc) is 3.35. The summed E-state index contributed by atoms with van der Waals surface area (Å²) in [6, 6.07) is 22.6. The van der Waals surface area contributed by atoms with Gasteiger partial charge in [0.15, 0.2) is 0 Å². The SMILES string of the molecule is CCCCCCOC(=O)NC(=N)c1ccc(NCC(=O)Nc2cc(C(=O)N(CCC(=O)OCC)c3ccccn3)ccc2N(C)C(=O)CNc2ccc(C(=N)NC(=O)OCCCCCC)cc2)cc1. The molecule has 0 saturated heterocycles. The molecular formula is C50H64N10O9. The van der Waals surface area contributed by atoms with Crippen molar-refractivity contribution in [2.45, 2.75) is 78.6 Å². The second-order valence-corrected chi connectivity index (χ2v) is 15.7. The summed E-state index contributed by atoms with van der Waals surface area (Å²) in [5.41, 5.74) is 2.47. The second-order valence-electron chi connectivity index (χ2n) is 15.7. The lowest BCUT2D eigenvalue weighted by molar-refractivity contribution is -0.142.